The van der Waals surface area contributed by atoms with E-state index >= 15 is 0 Å². The molecule has 0 aliphatic carbocycles. The lowest BCUT2D eigenvalue weighted by atomic mass is 9.84. The second-order valence-electron chi connectivity index (χ2n) is 10.5. The Balaban J connectivity index is 1.44. The largest absolute Gasteiger partial charge is 0.493 e. The second kappa shape index (κ2) is 11.5. The first-order valence-corrected chi connectivity index (χ1v) is 13.7. The van der Waals surface area contributed by atoms with Crippen LogP contribution in [0.5, 0.6) is 5.75 Å². The van der Waals surface area contributed by atoms with Crippen LogP contribution in [0.15, 0.2) is 42.7 Å². The van der Waals surface area contributed by atoms with E-state index in [4.69, 9.17) is 4.74 Å². The minimum Gasteiger partial charge on any atom is -0.493 e. The fourth-order valence-electron chi connectivity index (χ4n) is 6.10. The molecule has 0 radical (unpaired) electrons. The number of carboxylic acid groups (broad SMARTS) is 1. The number of hydrogen-bond acceptors (Lipinski definition) is 6. The summed E-state index contributed by atoms with van der Waals surface area (Å²) in [4.78, 5) is 48.7. The molecule has 38 heavy (non-hydrogen) atoms. The van der Waals surface area contributed by atoms with E-state index in [1.165, 1.54) is 0 Å². The van der Waals surface area contributed by atoms with Gasteiger partial charge in [0.15, 0.2) is 0 Å². The Morgan fingerprint density at radius 2 is 2.11 bits per heavy atom. The smallest absolute Gasteiger partial charge is 0.308 e. The molecule has 2 amide bonds. The van der Waals surface area contributed by atoms with Crippen LogP contribution in [-0.2, 0) is 20.8 Å². The molecule has 2 fully saturated rings. The number of carbonyl (C=O) groups is 3. The third kappa shape index (κ3) is 5.38. The lowest BCUT2D eigenvalue weighted by Gasteiger charge is -2.32. The van der Waals surface area contributed by atoms with E-state index in [1.807, 2.05) is 29.2 Å². The average Bonchev–Trinajstić information content (AvgIpc) is 3.64. The molecule has 0 saturated carbocycles. The fourth-order valence-corrected chi connectivity index (χ4v) is 6.10. The molecule has 0 bridgehead atoms. The average molecular weight is 521 g/mol. The SMILES string of the molecule is CCCCN(C(=O)CN1C[C@H](c2ccc3c(c2)CCO3)[C@@H](C(=O)O)[C@@H]1CN1CCCC1=O)c1cccnc1. The Kier molecular flexibility index (Phi) is 7.93. The van der Waals surface area contributed by atoms with Gasteiger partial charge in [-0.25, -0.2) is 0 Å². The summed E-state index contributed by atoms with van der Waals surface area (Å²) in [6, 6.07) is 9.17. The van der Waals surface area contributed by atoms with Crippen LogP contribution < -0.4 is 9.64 Å². The van der Waals surface area contributed by atoms with Crippen molar-refractivity contribution in [3.63, 3.8) is 0 Å². The number of carbonyl (C=O) groups excluding carboxylic acids is 2. The van der Waals surface area contributed by atoms with Gasteiger partial charge in [0.1, 0.15) is 5.75 Å². The highest BCUT2D eigenvalue weighted by Gasteiger charge is 2.48. The van der Waals surface area contributed by atoms with E-state index < -0.39 is 17.9 Å². The van der Waals surface area contributed by atoms with Gasteiger partial charge in [-0.3, -0.25) is 24.3 Å². The number of likely N-dealkylation sites (tertiary alicyclic amines) is 2. The first kappa shape index (κ1) is 26.2. The number of unbranched alkanes of at least 4 members (excludes halogenated alkanes) is 1. The third-order valence-electron chi connectivity index (χ3n) is 8.09. The minimum absolute atomic E-state index is 0.0541. The first-order valence-electron chi connectivity index (χ1n) is 13.7. The van der Waals surface area contributed by atoms with Crippen LogP contribution in [0.4, 0.5) is 5.69 Å². The number of nitrogens with zero attached hydrogens (tertiary/aromatic N) is 4. The number of ether oxygens (including phenoxy) is 1. The monoisotopic (exact) mass is 520 g/mol. The molecule has 3 aliphatic rings. The number of aliphatic carboxylic acids is 1. The zero-order chi connectivity index (χ0) is 26.6. The highest BCUT2D eigenvalue weighted by atomic mass is 16.5. The van der Waals surface area contributed by atoms with Crippen LogP contribution in [0.2, 0.25) is 0 Å². The third-order valence-corrected chi connectivity index (χ3v) is 8.09. The number of rotatable bonds is 10. The summed E-state index contributed by atoms with van der Waals surface area (Å²) in [5.41, 5.74) is 2.78. The maximum Gasteiger partial charge on any atom is 0.308 e. The van der Waals surface area contributed by atoms with Gasteiger partial charge < -0.3 is 19.6 Å². The van der Waals surface area contributed by atoms with Gasteiger partial charge in [-0.05, 0) is 42.2 Å². The Morgan fingerprint density at radius 1 is 1.24 bits per heavy atom. The van der Waals surface area contributed by atoms with Crippen molar-refractivity contribution in [2.24, 2.45) is 5.92 Å². The van der Waals surface area contributed by atoms with Crippen molar-refractivity contribution in [1.29, 1.82) is 0 Å². The molecule has 3 atom stereocenters. The van der Waals surface area contributed by atoms with Crippen LogP contribution in [-0.4, -0.2) is 83.0 Å². The number of aromatic nitrogens is 1. The van der Waals surface area contributed by atoms with E-state index in [1.54, 1.807) is 22.2 Å². The van der Waals surface area contributed by atoms with Crippen molar-refractivity contribution in [3.05, 3.63) is 53.9 Å². The van der Waals surface area contributed by atoms with E-state index in [9.17, 15) is 19.5 Å². The number of anilines is 1. The molecule has 1 aromatic carbocycles. The van der Waals surface area contributed by atoms with Crippen molar-refractivity contribution in [1.82, 2.24) is 14.8 Å². The fraction of sp³-hybridized carbons (Fsp3) is 0.517. The summed E-state index contributed by atoms with van der Waals surface area (Å²) in [5, 5.41) is 10.4. The molecule has 2 aromatic rings. The zero-order valence-corrected chi connectivity index (χ0v) is 21.9. The highest BCUT2D eigenvalue weighted by molar-refractivity contribution is 5.94. The second-order valence-corrected chi connectivity index (χ2v) is 10.5. The first-order chi connectivity index (χ1) is 18.5. The number of hydrogen-bond donors (Lipinski definition) is 1. The van der Waals surface area contributed by atoms with Crippen LogP contribution in [0.25, 0.3) is 0 Å². The zero-order valence-electron chi connectivity index (χ0n) is 21.9. The summed E-state index contributed by atoms with van der Waals surface area (Å²) in [6.07, 6.45) is 7.24. The van der Waals surface area contributed by atoms with Crippen molar-refractivity contribution in [2.75, 3.05) is 44.2 Å². The number of carboxylic acids is 1. The van der Waals surface area contributed by atoms with Crippen molar-refractivity contribution < 1.29 is 24.2 Å². The molecule has 3 aliphatic heterocycles. The van der Waals surface area contributed by atoms with Gasteiger partial charge in [0.2, 0.25) is 11.8 Å². The predicted octanol–water partition coefficient (Wildman–Crippen LogP) is 2.94. The van der Waals surface area contributed by atoms with Crippen LogP contribution >= 0.6 is 0 Å². The van der Waals surface area contributed by atoms with Crippen molar-refractivity contribution in [2.45, 2.75) is 51.0 Å². The topological polar surface area (TPSA) is 103 Å². The molecular formula is C29H36N4O5. The van der Waals surface area contributed by atoms with Crippen molar-refractivity contribution in [3.8, 4) is 5.75 Å². The van der Waals surface area contributed by atoms with Gasteiger partial charge in [0.25, 0.3) is 0 Å². The number of benzene rings is 1. The summed E-state index contributed by atoms with van der Waals surface area (Å²) in [7, 11) is 0. The maximum absolute atomic E-state index is 13.7. The Morgan fingerprint density at radius 3 is 2.82 bits per heavy atom. The highest BCUT2D eigenvalue weighted by Crippen LogP contribution is 2.40. The molecule has 0 spiro atoms. The molecule has 2 saturated heterocycles. The van der Waals surface area contributed by atoms with Gasteiger partial charge >= 0.3 is 5.97 Å². The van der Waals surface area contributed by atoms with Gasteiger partial charge in [-0.2, -0.15) is 0 Å². The van der Waals surface area contributed by atoms with Crippen LogP contribution in [0, 0.1) is 5.92 Å². The molecule has 0 unspecified atom stereocenters. The van der Waals surface area contributed by atoms with Gasteiger partial charge in [-0.15, -0.1) is 0 Å². The lowest BCUT2D eigenvalue weighted by Crippen LogP contribution is -2.49. The number of pyridine rings is 1. The van der Waals surface area contributed by atoms with Crippen molar-refractivity contribution >= 4 is 23.5 Å². The number of amides is 2. The Labute approximate surface area is 223 Å². The van der Waals surface area contributed by atoms with Gasteiger partial charge in [-0.1, -0.05) is 25.5 Å². The van der Waals surface area contributed by atoms with Crippen LogP contribution in [0.3, 0.4) is 0 Å². The van der Waals surface area contributed by atoms with Gasteiger partial charge in [0.05, 0.1) is 31.0 Å². The van der Waals surface area contributed by atoms with E-state index in [0.29, 0.717) is 39.2 Å². The molecule has 1 N–H and O–H groups in total. The van der Waals surface area contributed by atoms with E-state index in [-0.39, 0.29) is 24.3 Å². The number of fused-ring (bicyclic) bond motifs is 1. The van der Waals surface area contributed by atoms with E-state index in [2.05, 4.69) is 18.0 Å². The maximum atomic E-state index is 13.7. The lowest BCUT2D eigenvalue weighted by molar-refractivity contribution is -0.144. The quantitative estimate of drug-likeness (QED) is 0.514. The molecule has 9 heteroatoms. The molecular weight excluding hydrogens is 484 g/mol. The normalized spacial score (nSPS) is 22.9. The molecule has 1 aromatic heterocycles. The molecule has 4 heterocycles. The van der Waals surface area contributed by atoms with E-state index in [0.717, 1.165) is 48.2 Å². The molecule has 5 rings (SSSR count). The Bertz CT molecular complexity index is 1170. The summed E-state index contributed by atoms with van der Waals surface area (Å²) in [5.74, 6) is -1.10. The minimum atomic E-state index is -0.895. The standard InChI is InChI=1S/C29H36N4O5/c1-2-3-13-33(22-6-4-11-30-16-22)27(35)19-32-17-23(20-8-9-25-21(15-20)10-14-38-25)28(29(36)37)24(32)18-31-12-5-7-26(31)34/h4,6,8-9,11,15-16,23-24,28H,2-3,5,7,10,12-14,17-19H2,1H3,(H,36,37)/t23-,24+,28-/m1/s1. The van der Waals surface area contributed by atoms with Gasteiger partial charge in [0, 0.05) is 57.2 Å². The van der Waals surface area contributed by atoms with Crippen LogP contribution in [0.1, 0.15) is 49.7 Å². The Hall–Kier alpha value is -3.46. The summed E-state index contributed by atoms with van der Waals surface area (Å²) in [6.45, 7) is 4.75. The molecule has 9 nitrogen and oxygen atoms in total. The predicted molar refractivity (Wildman–Crippen MR) is 142 cm³/mol. The summed E-state index contributed by atoms with van der Waals surface area (Å²) < 4.78 is 5.66. The molecule has 202 valence electrons. The summed E-state index contributed by atoms with van der Waals surface area (Å²) >= 11 is 0.